The Labute approximate surface area is 153 Å². The molecule has 0 saturated carbocycles. The first kappa shape index (κ1) is 17.7. The monoisotopic (exact) mass is 349 g/mol. The van der Waals surface area contributed by atoms with Crippen molar-refractivity contribution in [2.75, 3.05) is 6.61 Å². The van der Waals surface area contributed by atoms with Gasteiger partial charge >= 0.3 is 0 Å². The van der Waals surface area contributed by atoms with Crippen molar-refractivity contribution in [1.29, 1.82) is 0 Å². The lowest BCUT2D eigenvalue weighted by atomic mass is 10.0. The molecule has 1 aromatic heterocycles. The van der Waals surface area contributed by atoms with Gasteiger partial charge in [0.05, 0.1) is 12.6 Å². The van der Waals surface area contributed by atoms with Crippen molar-refractivity contribution in [2.45, 2.75) is 25.8 Å². The van der Waals surface area contributed by atoms with Crippen molar-refractivity contribution in [3.05, 3.63) is 83.9 Å². The summed E-state index contributed by atoms with van der Waals surface area (Å²) < 4.78 is 5.57. The van der Waals surface area contributed by atoms with E-state index >= 15 is 0 Å². The molecule has 5 heteroatoms. The van der Waals surface area contributed by atoms with Crippen LogP contribution in [0.3, 0.4) is 0 Å². The van der Waals surface area contributed by atoms with Gasteiger partial charge in [0.1, 0.15) is 11.6 Å². The Morgan fingerprint density at radius 3 is 2.58 bits per heavy atom. The van der Waals surface area contributed by atoms with Crippen LogP contribution < -0.4 is 10.1 Å². The molecule has 2 aromatic carbocycles. The van der Waals surface area contributed by atoms with Gasteiger partial charge in [0.2, 0.25) is 0 Å². The molecule has 1 heterocycles. The third kappa shape index (κ3) is 4.72. The number of hydrogen-bond donors (Lipinski definition) is 2. The Morgan fingerprint density at radius 2 is 1.92 bits per heavy atom. The molecule has 0 aliphatic rings. The fraction of sp³-hybridized carbons (Fsp3) is 0.238. The Morgan fingerprint density at radius 1 is 1.15 bits per heavy atom. The van der Waals surface area contributed by atoms with Gasteiger partial charge in [-0.3, -0.25) is 4.79 Å². The Bertz CT molecular complexity index is 799. The third-order valence-electron chi connectivity index (χ3n) is 4.05. The second-order valence-corrected chi connectivity index (χ2v) is 6.05. The number of amides is 1. The molecular weight excluding hydrogens is 326 g/mol. The lowest BCUT2D eigenvalue weighted by Gasteiger charge is -2.18. The van der Waals surface area contributed by atoms with Crippen molar-refractivity contribution >= 4 is 5.91 Å². The van der Waals surface area contributed by atoms with Crippen LogP contribution in [0.4, 0.5) is 0 Å². The molecule has 2 N–H and O–H groups in total. The summed E-state index contributed by atoms with van der Waals surface area (Å²) in [6.07, 6.45) is 5.05. The quantitative estimate of drug-likeness (QED) is 0.648. The van der Waals surface area contributed by atoms with Crippen molar-refractivity contribution in [2.24, 2.45) is 0 Å². The molecule has 5 nitrogen and oxygen atoms in total. The number of carbonyl (C=O) groups is 1. The van der Waals surface area contributed by atoms with Crippen LogP contribution in [-0.2, 0) is 6.42 Å². The first-order chi connectivity index (χ1) is 12.8. The highest BCUT2D eigenvalue weighted by molar-refractivity contribution is 5.94. The van der Waals surface area contributed by atoms with E-state index in [0.717, 1.165) is 23.6 Å². The maximum Gasteiger partial charge on any atom is 0.251 e. The van der Waals surface area contributed by atoms with Gasteiger partial charge in [0.15, 0.2) is 0 Å². The van der Waals surface area contributed by atoms with E-state index < -0.39 is 0 Å². The van der Waals surface area contributed by atoms with E-state index in [2.05, 4.69) is 22.2 Å². The van der Waals surface area contributed by atoms with Gasteiger partial charge in [-0.1, -0.05) is 37.3 Å². The molecule has 0 fully saturated rings. The van der Waals surface area contributed by atoms with E-state index in [1.807, 2.05) is 42.5 Å². The van der Waals surface area contributed by atoms with E-state index in [1.165, 1.54) is 0 Å². The van der Waals surface area contributed by atoms with E-state index in [-0.39, 0.29) is 11.9 Å². The van der Waals surface area contributed by atoms with Crippen LogP contribution in [0.1, 0.15) is 41.1 Å². The van der Waals surface area contributed by atoms with E-state index in [0.29, 0.717) is 18.6 Å². The van der Waals surface area contributed by atoms with Gasteiger partial charge in [-0.2, -0.15) is 0 Å². The second-order valence-electron chi connectivity index (χ2n) is 6.05. The number of ether oxygens (including phenoxy) is 1. The summed E-state index contributed by atoms with van der Waals surface area (Å²) in [5, 5.41) is 3.11. The number of rotatable bonds is 8. The molecule has 0 saturated heterocycles. The van der Waals surface area contributed by atoms with Gasteiger partial charge in [0, 0.05) is 24.4 Å². The first-order valence-corrected chi connectivity index (χ1v) is 8.83. The van der Waals surface area contributed by atoms with Gasteiger partial charge in [-0.15, -0.1) is 0 Å². The lowest BCUT2D eigenvalue weighted by Crippen LogP contribution is -2.30. The van der Waals surface area contributed by atoms with Crippen LogP contribution in [-0.4, -0.2) is 22.5 Å². The van der Waals surface area contributed by atoms with E-state index in [1.54, 1.807) is 24.5 Å². The summed E-state index contributed by atoms with van der Waals surface area (Å²) in [5.41, 5.74) is 1.65. The lowest BCUT2D eigenvalue weighted by molar-refractivity contribution is 0.0936. The summed E-state index contributed by atoms with van der Waals surface area (Å²) in [4.78, 5) is 20.1. The molecular formula is C21H23N3O2. The minimum absolute atomic E-state index is 0.118. The van der Waals surface area contributed by atoms with Gasteiger partial charge < -0.3 is 15.0 Å². The Kier molecular flexibility index (Phi) is 6.04. The number of aromatic nitrogens is 2. The molecule has 134 valence electrons. The molecule has 3 aromatic rings. The maximum atomic E-state index is 12.7. The van der Waals surface area contributed by atoms with Crippen LogP contribution in [0.2, 0.25) is 0 Å². The topological polar surface area (TPSA) is 67.0 Å². The number of aromatic amines is 1. The highest BCUT2D eigenvalue weighted by Gasteiger charge is 2.17. The third-order valence-corrected chi connectivity index (χ3v) is 4.05. The zero-order chi connectivity index (χ0) is 18.2. The van der Waals surface area contributed by atoms with Crippen LogP contribution in [0.15, 0.2) is 67.0 Å². The standard InChI is InChI=1S/C21H23N3O2/c1-2-14-26-18-10-8-17(9-11-18)21(25)24-19(15-20-22-12-13-23-20)16-6-4-3-5-7-16/h3-13,19H,2,14-15H2,1H3,(H,22,23)(H,24,25)/t19-/m1/s1. The predicted molar refractivity (Wildman–Crippen MR) is 101 cm³/mol. The largest absolute Gasteiger partial charge is 0.494 e. The summed E-state index contributed by atoms with van der Waals surface area (Å²) in [6.45, 7) is 2.73. The van der Waals surface area contributed by atoms with Crippen molar-refractivity contribution in [3.8, 4) is 5.75 Å². The molecule has 26 heavy (non-hydrogen) atoms. The highest BCUT2D eigenvalue weighted by atomic mass is 16.5. The summed E-state index contributed by atoms with van der Waals surface area (Å²) in [6, 6.07) is 17.0. The normalized spacial score (nSPS) is 11.7. The van der Waals surface area contributed by atoms with Crippen molar-refractivity contribution in [1.82, 2.24) is 15.3 Å². The molecule has 0 aliphatic carbocycles. The van der Waals surface area contributed by atoms with Crippen LogP contribution in [0, 0.1) is 0 Å². The molecule has 3 rings (SSSR count). The van der Waals surface area contributed by atoms with E-state index in [4.69, 9.17) is 4.74 Å². The number of nitrogens with zero attached hydrogens (tertiary/aromatic N) is 1. The molecule has 0 bridgehead atoms. The zero-order valence-corrected chi connectivity index (χ0v) is 14.8. The second kappa shape index (κ2) is 8.85. The smallest absolute Gasteiger partial charge is 0.251 e. The number of nitrogens with one attached hydrogen (secondary N) is 2. The summed E-state index contributed by atoms with van der Waals surface area (Å²) in [5.74, 6) is 1.49. The summed E-state index contributed by atoms with van der Waals surface area (Å²) >= 11 is 0. The number of benzene rings is 2. The van der Waals surface area contributed by atoms with Crippen LogP contribution >= 0.6 is 0 Å². The van der Waals surface area contributed by atoms with Crippen LogP contribution in [0.25, 0.3) is 0 Å². The average molecular weight is 349 g/mol. The number of imidazole rings is 1. The number of H-pyrrole nitrogens is 1. The van der Waals surface area contributed by atoms with Crippen LogP contribution in [0.5, 0.6) is 5.75 Å². The van der Waals surface area contributed by atoms with Gasteiger partial charge in [0.25, 0.3) is 5.91 Å². The first-order valence-electron chi connectivity index (χ1n) is 8.83. The summed E-state index contributed by atoms with van der Waals surface area (Å²) in [7, 11) is 0. The molecule has 0 unspecified atom stereocenters. The number of carbonyl (C=O) groups excluding carboxylic acids is 1. The zero-order valence-electron chi connectivity index (χ0n) is 14.8. The van der Waals surface area contributed by atoms with Gasteiger partial charge in [-0.25, -0.2) is 4.98 Å². The molecule has 0 radical (unpaired) electrons. The number of hydrogen-bond acceptors (Lipinski definition) is 3. The van der Waals surface area contributed by atoms with Gasteiger partial charge in [-0.05, 0) is 36.2 Å². The van der Waals surface area contributed by atoms with Crippen molar-refractivity contribution in [3.63, 3.8) is 0 Å². The molecule has 0 spiro atoms. The Hall–Kier alpha value is -3.08. The molecule has 0 aliphatic heterocycles. The molecule has 1 amide bonds. The highest BCUT2D eigenvalue weighted by Crippen LogP contribution is 2.18. The molecule has 1 atom stereocenters. The predicted octanol–water partition coefficient (Wildman–Crippen LogP) is 3.91. The fourth-order valence-corrected chi connectivity index (χ4v) is 2.70. The fourth-order valence-electron chi connectivity index (χ4n) is 2.70. The minimum Gasteiger partial charge on any atom is -0.494 e. The van der Waals surface area contributed by atoms with E-state index in [9.17, 15) is 4.79 Å². The van der Waals surface area contributed by atoms with Crippen molar-refractivity contribution < 1.29 is 9.53 Å². The maximum absolute atomic E-state index is 12.7. The average Bonchev–Trinajstić information content (AvgIpc) is 3.20. The Balaban J connectivity index is 1.72. The minimum atomic E-state index is -0.161. The SMILES string of the molecule is CCCOc1ccc(C(=O)N[C@H](Cc2ncc[nH]2)c2ccccc2)cc1.